The molecule has 2 unspecified atom stereocenters. The van der Waals surface area contributed by atoms with Crippen molar-refractivity contribution in [2.24, 2.45) is 5.92 Å². The second-order valence-corrected chi connectivity index (χ2v) is 11.9. The molecule has 1 aromatic heterocycles. The fraction of sp³-hybridized carbons (Fsp3) is 0.500. The van der Waals surface area contributed by atoms with Crippen molar-refractivity contribution in [1.82, 2.24) is 10.3 Å². The lowest BCUT2D eigenvalue weighted by Gasteiger charge is -2.27. The van der Waals surface area contributed by atoms with Gasteiger partial charge < -0.3 is 24.3 Å². The van der Waals surface area contributed by atoms with Gasteiger partial charge in [-0.25, -0.2) is 13.4 Å². The van der Waals surface area contributed by atoms with E-state index in [4.69, 9.17) is 13.9 Å². The number of carbonyl (C=O) groups excluding carboxylic acids is 1. The Morgan fingerprint density at radius 1 is 1.13 bits per heavy atom. The highest BCUT2D eigenvalue weighted by Crippen LogP contribution is 2.25. The number of ether oxygens (including phenoxy) is 2. The van der Waals surface area contributed by atoms with E-state index in [1.165, 1.54) is 0 Å². The number of aliphatic hydroxyl groups is 1. The summed E-state index contributed by atoms with van der Waals surface area (Å²) in [7, 11) is -3.63. The number of oxazole rings is 1. The lowest BCUT2D eigenvalue weighted by Crippen LogP contribution is -2.46. The maximum atomic E-state index is 13.5. The Kier molecular flexibility index (Phi) is 9.90. The van der Waals surface area contributed by atoms with Crippen LogP contribution in [-0.4, -0.2) is 62.1 Å². The van der Waals surface area contributed by atoms with Gasteiger partial charge in [-0.3, -0.25) is 4.79 Å². The molecule has 2 N–H and O–H groups in total. The van der Waals surface area contributed by atoms with Crippen LogP contribution in [0.1, 0.15) is 50.2 Å². The Labute approximate surface area is 223 Å². The Balaban J connectivity index is 1.49. The molecule has 1 aliphatic heterocycles. The van der Waals surface area contributed by atoms with Gasteiger partial charge in [-0.15, -0.1) is 0 Å². The van der Waals surface area contributed by atoms with Gasteiger partial charge in [0, 0.05) is 13.2 Å². The minimum absolute atomic E-state index is 0.0393. The van der Waals surface area contributed by atoms with Crippen LogP contribution >= 0.6 is 0 Å². The number of hydrogen-bond acceptors (Lipinski definition) is 8. The van der Waals surface area contributed by atoms with Crippen LogP contribution in [0.25, 0.3) is 11.1 Å². The third-order valence-electron chi connectivity index (χ3n) is 6.63. The Hall–Kier alpha value is -2.79. The first-order chi connectivity index (χ1) is 18.3. The average molecular weight is 545 g/mol. The maximum Gasteiger partial charge on any atom is 0.226 e. The number of nitrogens with zero attached hydrogens (tertiary/aromatic N) is 1. The zero-order valence-corrected chi connectivity index (χ0v) is 22.4. The third-order valence-corrected chi connectivity index (χ3v) is 8.31. The molecule has 2 aromatic carbocycles. The minimum atomic E-state index is -3.63. The molecule has 3 aromatic rings. The van der Waals surface area contributed by atoms with E-state index in [0.717, 1.165) is 0 Å². The van der Waals surface area contributed by atoms with Gasteiger partial charge in [-0.2, -0.15) is 0 Å². The topological polar surface area (TPSA) is 128 Å². The number of hydrogen-bond donors (Lipinski definition) is 2. The number of rotatable bonds is 13. The average Bonchev–Trinajstić information content (AvgIpc) is 3.35. The first-order valence-electron chi connectivity index (χ1n) is 13.1. The summed E-state index contributed by atoms with van der Waals surface area (Å²) in [4.78, 5) is 17.9. The van der Waals surface area contributed by atoms with Crippen LogP contribution < -0.4 is 5.32 Å². The van der Waals surface area contributed by atoms with E-state index in [0.29, 0.717) is 55.6 Å². The molecule has 10 heteroatoms. The zero-order valence-electron chi connectivity index (χ0n) is 21.6. The standard InChI is InChI=1S/C28H36N2O7S/c1-2-8-24(26(31)28-30-23-11-6-7-12-25(23)37-28)29-27(32)21(17-36-22-13-15-35-16-14-22)19-38(33,34)18-20-9-4-3-5-10-20/h3-7,9-12,21-22,24,26,31H,2,8,13-19H2,1H3,(H,29,32)/t21?,24?,26-/m0/s1. The van der Waals surface area contributed by atoms with E-state index in [9.17, 15) is 18.3 Å². The molecule has 2 heterocycles. The van der Waals surface area contributed by atoms with Crippen LogP contribution in [0.15, 0.2) is 59.0 Å². The zero-order chi connectivity index (χ0) is 27.0. The van der Waals surface area contributed by atoms with Crippen LogP contribution in [0.2, 0.25) is 0 Å². The monoisotopic (exact) mass is 544 g/mol. The van der Waals surface area contributed by atoms with Crippen LogP contribution in [0.5, 0.6) is 0 Å². The van der Waals surface area contributed by atoms with Gasteiger partial charge in [0.2, 0.25) is 11.8 Å². The third kappa shape index (κ3) is 7.86. The lowest BCUT2D eigenvalue weighted by atomic mass is 10.0. The van der Waals surface area contributed by atoms with Crippen molar-refractivity contribution in [3.8, 4) is 0 Å². The summed E-state index contributed by atoms with van der Waals surface area (Å²) in [6.45, 7) is 3.04. The number of fused-ring (bicyclic) bond motifs is 1. The lowest BCUT2D eigenvalue weighted by molar-refractivity contribution is -0.129. The molecule has 0 radical (unpaired) electrons. The number of carbonyl (C=O) groups is 1. The van der Waals surface area contributed by atoms with E-state index in [-0.39, 0.29) is 30.1 Å². The predicted molar refractivity (Wildman–Crippen MR) is 143 cm³/mol. The van der Waals surface area contributed by atoms with Crippen molar-refractivity contribution in [2.45, 2.75) is 56.6 Å². The number of benzene rings is 2. The summed E-state index contributed by atoms with van der Waals surface area (Å²) < 4.78 is 43.3. The van der Waals surface area contributed by atoms with Crippen molar-refractivity contribution < 1.29 is 32.2 Å². The van der Waals surface area contributed by atoms with Crippen molar-refractivity contribution in [2.75, 3.05) is 25.6 Å². The van der Waals surface area contributed by atoms with Gasteiger partial charge in [-0.1, -0.05) is 55.8 Å². The first-order valence-corrected chi connectivity index (χ1v) is 14.9. The van der Waals surface area contributed by atoms with Crippen LogP contribution in [0.3, 0.4) is 0 Å². The van der Waals surface area contributed by atoms with Gasteiger partial charge in [0.05, 0.1) is 36.2 Å². The van der Waals surface area contributed by atoms with E-state index < -0.39 is 33.8 Å². The maximum absolute atomic E-state index is 13.5. The van der Waals surface area contributed by atoms with Crippen molar-refractivity contribution in [3.05, 3.63) is 66.1 Å². The van der Waals surface area contributed by atoms with Gasteiger partial charge in [-0.05, 0) is 37.0 Å². The summed E-state index contributed by atoms with van der Waals surface area (Å²) in [5, 5.41) is 13.9. The number of aromatic nitrogens is 1. The van der Waals surface area contributed by atoms with Gasteiger partial charge >= 0.3 is 0 Å². The summed E-state index contributed by atoms with van der Waals surface area (Å²) in [5.41, 5.74) is 1.81. The molecular weight excluding hydrogens is 508 g/mol. The number of nitrogens with one attached hydrogen (secondary N) is 1. The number of sulfone groups is 1. The quantitative estimate of drug-likeness (QED) is 0.334. The summed E-state index contributed by atoms with van der Waals surface area (Å²) >= 11 is 0. The number of amides is 1. The molecule has 0 saturated carbocycles. The molecule has 0 aliphatic carbocycles. The molecule has 4 rings (SSSR count). The second kappa shape index (κ2) is 13.3. The summed E-state index contributed by atoms with van der Waals surface area (Å²) in [6.07, 6.45) is 1.24. The second-order valence-electron chi connectivity index (χ2n) is 9.75. The van der Waals surface area contributed by atoms with E-state index in [1.54, 1.807) is 36.4 Å². The fourth-order valence-corrected chi connectivity index (χ4v) is 6.28. The minimum Gasteiger partial charge on any atom is -0.438 e. The molecule has 3 atom stereocenters. The van der Waals surface area contributed by atoms with Crippen molar-refractivity contribution in [3.63, 3.8) is 0 Å². The van der Waals surface area contributed by atoms with E-state index in [2.05, 4.69) is 10.3 Å². The molecular formula is C28H36N2O7S. The first kappa shape index (κ1) is 28.2. The summed E-state index contributed by atoms with van der Waals surface area (Å²) in [5.74, 6) is -1.85. The molecule has 1 amide bonds. The molecule has 1 saturated heterocycles. The van der Waals surface area contributed by atoms with Crippen molar-refractivity contribution >= 4 is 26.8 Å². The Morgan fingerprint density at radius 3 is 2.55 bits per heavy atom. The van der Waals surface area contributed by atoms with Gasteiger partial charge in [0.25, 0.3) is 0 Å². The van der Waals surface area contributed by atoms with Crippen LogP contribution in [0, 0.1) is 5.92 Å². The van der Waals surface area contributed by atoms with Gasteiger partial charge in [0.1, 0.15) is 5.52 Å². The van der Waals surface area contributed by atoms with Crippen LogP contribution in [0.4, 0.5) is 0 Å². The molecule has 0 bridgehead atoms. The molecule has 9 nitrogen and oxygen atoms in total. The summed E-state index contributed by atoms with van der Waals surface area (Å²) in [6, 6.07) is 15.4. The molecule has 1 fully saturated rings. The van der Waals surface area contributed by atoms with Crippen LogP contribution in [-0.2, 0) is 29.9 Å². The SMILES string of the molecule is CCCC(NC(=O)C(COC1CCOCC1)CS(=O)(=O)Cc1ccccc1)[C@H](O)c1nc2ccccc2o1. The highest BCUT2D eigenvalue weighted by molar-refractivity contribution is 7.90. The highest BCUT2D eigenvalue weighted by Gasteiger charge is 2.32. The van der Waals surface area contributed by atoms with Gasteiger partial charge in [0.15, 0.2) is 21.5 Å². The fourth-order valence-electron chi connectivity index (χ4n) is 4.60. The largest absolute Gasteiger partial charge is 0.438 e. The van der Waals surface area contributed by atoms with E-state index >= 15 is 0 Å². The van der Waals surface area contributed by atoms with Crippen molar-refractivity contribution in [1.29, 1.82) is 0 Å². The Morgan fingerprint density at radius 2 is 1.84 bits per heavy atom. The normalized spacial score (nSPS) is 17.2. The molecule has 1 aliphatic rings. The predicted octanol–water partition coefficient (Wildman–Crippen LogP) is 3.57. The van der Waals surface area contributed by atoms with E-state index in [1.807, 2.05) is 25.1 Å². The smallest absolute Gasteiger partial charge is 0.226 e. The number of para-hydroxylation sites is 2. The molecule has 38 heavy (non-hydrogen) atoms. The molecule has 206 valence electrons. The Bertz CT molecular complexity index is 1240. The highest BCUT2D eigenvalue weighted by atomic mass is 32.2. The number of aliphatic hydroxyl groups excluding tert-OH is 1. The molecule has 0 spiro atoms.